The van der Waals surface area contributed by atoms with Crippen LogP contribution in [0.2, 0.25) is 0 Å². The first-order valence-corrected chi connectivity index (χ1v) is 8.77. The first-order valence-electron chi connectivity index (χ1n) is 7.95. The number of rotatable bonds is 6. The molecule has 24 heavy (non-hydrogen) atoms. The molecule has 0 aliphatic carbocycles. The number of fused-ring (bicyclic) bond motifs is 1. The molecular weight excluding hydrogens is 318 g/mol. The molecule has 0 atom stereocenters. The minimum atomic E-state index is 0.0270. The molecule has 4 nitrogen and oxygen atoms in total. The highest BCUT2D eigenvalue weighted by Crippen LogP contribution is 2.22. The topological polar surface area (TPSA) is 45.2 Å². The minimum absolute atomic E-state index is 0.0270. The van der Waals surface area contributed by atoms with E-state index in [1.54, 1.807) is 11.3 Å². The molecule has 5 heteroatoms. The summed E-state index contributed by atoms with van der Waals surface area (Å²) >= 11 is 1.68. The van der Waals surface area contributed by atoms with Crippen molar-refractivity contribution in [3.63, 3.8) is 0 Å². The summed E-state index contributed by atoms with van der Waals surface area (Å²) in [7, 11) is 1.94. The Morgan fingerprint density at radius 3 is 2.67 bits per heavy atom. The van der Waals surface area contributed by atoms with Gasteiger partial charge in [0.05, 0.1) is 23.3 Å². The first-order chi connectivity index (χ1) is 11.6. The highest BCUT2D eigenvalue weighted by atomic mass is 32.1. The summed E-state index contributed by atoms with van der Waals surface area (Å²) in [4.78, 5) is 18.7. The molecule has 0 radical (unpaired) electrons. The number of nitrogens with zero attached hydrogens (tertiary/aromatic N) is 2. The summed E-state index contributed by atoms with van der Waals surface area (Å²) in [6, 6.07) is 16.3. The molecule has 3 aromatic rings. The average Bonchev–Trinajstić information content (AvgIpc) is 2.96. The number of benzene rings is 2. The minimum Gasteiger partial charge on any atom is -0.351 e. The van der Waals surface area contributed by atoms with E-state index in [9.17, 15) is 4.79 Å². The van der Waals surface area contributed by atoms with E-state index in [0.29, 0.717) is 19.6 Å². The Labute approximate surface area is 146 Å². The SMILES string of the molecule is Cc1ccc(CNC(=O)CN(C)Cc2nc3ccccc3s2)cc1. The molecule has 1 heterocycles. The van der Waals surface area contributed by atoms with Crippen LogP contribution in [0.3, 0.4) is 0 Å². The lowest BCUT2D eigenvalue weighted by atomic mass is 10.1. The van der Waals surface area contributed by atoms with Gasteiger partial charge in [-0.05, 0) is 31.7 Å². The lowest BCUT2D eigenvalue weighted by Crippen LogP contribution is -2.34. The van der Waals surface area contributed by atoms with Gasteiger partial charge in [-0.2, -0.15) is 0 Å². The summed E-state index contributed by atoms with van der Waals surface area (Å²) in [6.07, 6.45) is 0. The number of amides is 1. The Morgan fingerprint density at radius 1 is 1.17 bits per heavy atom. The van der Waals surface area contributed by atoms with Gasteiger partial charge in [-0.15, -0.1) is 11.3 Å². The molecule has 0 spiro atoms. The normalized spacial score (nSPS) is 11.1. The number of likely N-dealkylation sites (N-methyl/N-ethyl adjacent to an activating group) is 1. The predicted molar refractivity (Wildman–Crippen MR) is 99.0 cm³/mol. The van der Waals surface area contributed by atoms with E-state index in [0.717, 1.165) is 16.1 Å². The Kier molecular flexibility index (Phi) is 5.23. The lowest BCUT2D eigenvalue weighted by Gasteiger charge is -2.14. The highest BCUT2D eigenvalue weighted by Gasteiger charge is 2.10. The van der Waals surface area contributed by atoms with Gasteiger partial charge < -0.3 is 5.32 Å². The molecule has 0 saturated carbocycles. The van der Waals surface area contributed by atoms with Gasteiger partial charge in [-0.25, -0.2) is 4.98 Å². The van der Waals surface area contributed by atoms with Gasteiger partial charge in [0.1, 0.15) is 5.01 Å². The third-order valence-electron chi connectivity index (χ3n) is 3.77. The fraction of sp³-hybridized carbons (Fsp3) is 0.263. The van der Waals surface area contributed by atoms with E-state index in [2.05, 4.69) is 35.4 Å². The molecule has 0 fully saturated rings. The van der Waals surface area contributed by atoms with Gasteiger partial charge in [-0.3, -0.25) is 9.69 Å². The molecule has 2 aromatic carbocycles. The van der Waals surface area contributed by atoms with E-state index in [-0.39, 0.29) is 5.91 Å². The van der Waals surface area contributed by atoms with Gasteiger partial charge in [0.2, 0.25) is 5.91 Å². The van der Waals surface area contributed by atoms with Crippen molar-refractivity contribution in [1.29, 1.82) is 0 Å². The second kappa shape index (κ2) is 7.55. The highest BCUT2D eigenvalue weighted by molar-refractivity contribution is 7.18. The number of hydrogen-bond acceptors (Lipinski definition) is 4. The molecule has 0 aliphatic rings. The predicted octanol–water partition coefficient (Wildman–Crippen LogP) is 3.35. The Bertz CT molecular complexity index is 793. The number of carbonyl (C=O) groups excluding carboxylic acids is 1. The van der Waals surface area contributed by atoms with Crippen LogP contribution in [0.1, 0.15) is 16.1 Å². The molecule has 0 bridgehead atoms. The van der Waals surface area contributed by atoms with Crippen molar-refractivity contribution in [3.8, 4) is 0 Å². The third-order valence-corrected chi connectivity index (χ3v) is 4.79. The number of carbonyl (C=O) groups is 1. The van der Waals surface area contributed by atoms with Crippen molar-refractivity contribution in [3.05, 3.63) is 64.7 Å². The standard InChI is InChI=1S/C19H21N3OS/c1-14-7-9-15(10-8-14)11-20-18(23)12-22(2)13-19-21-16-5-3-4-6-17(16)24-19/h3-10H,11-13H2,1-2H3,(H,20,23). The molecule has 1 amide bonds. The number of nitrogens with one attached hydrogen (secondary N) is 1. The largest absolute Gasteiger partial charge is 0.351 e. The van der Waals surface area contributed by atoms with Crippen molar-refractivity contribution >= 4 is 27.5 Å². The molecule has 124 valence electrons. The quantitative estimate of drug-likeness (QED) is 0.749. The van der Waals surface area contributed by atoms with Crippen LogP contribution in [0.25, 0.3) is 10.2 Å². The summed E-state index contributed by atoms with van der Waals surface area (Å²) < 4.78 is 1.18. The molecule has 1 N–H and O–H groups in total. The zero-order valence-electron chi connectivity index (χ0n) is 14.0. The molecule has 1 aromatic heterocycles. The molecule has 0 unspecified atom stereocenters. The van der Waals surface area contributed by atoms with Gasteiger partial charge in [0, 0.05) is 6.54 Å². The third kappa shape index (κ3) is 4.40. The van der Waals surface area contributed by atoms with Crippen molar-refractivity contribution in [2.45, 2.75) is 20.0 Å². The van der Waals surface area contributed by atoms with E-state index < -0.39 is 0 Å². The number of para-hydroxylation sites is 1. The molecule has 0 aliphatic heterocycles. The van der Waals surface area contributed by atoms with E-state index in [4.69, 9.17) is 0 Å². The zero-order chi connectivity index (χ0) is 16.9. The summed E-state index contributed by atoms with van der Waals surface area (Å²) in [5.41, 5.74) is 3.36. The van der Waals surface area contributed by atoms with Crippen molar-refractivity contribution in [2.24, 2.45) is 0 Å². The maximum absolute atomic E-state index is 12.1. The average molecular weight is 339 g/mol. The van der Waals surface area contributed by atoms with Crippen LogP contribution >= 0.6 is 11.3 Å². The van der Waals surface area contributed by atoms with Gasteiger partial charge in [0.25, 0.3) is 0 Å². The molecule has 3 rings (SSSR count). The van der Waals surface area contributed by atoms with Crippen molar-refractivity contribution < 1.29 is 4.79 Å². The second-order valence-electron chi connectivity index (χ2n) is 6.01. The van der Waals surface area contributed by atoms with E-state index >= 15 is 0 Å². The van der Waals surface area contributed by atoms with Crippen LogP contribution in [-0.4, -0.2) is 29.4 Å². The number of aromatic nitrogens is 1. The van der Waals surface area contributed by atoms with E-state index in [1.165, 1.54) is 10.3 Å². The summed E-state index contributed by atoms with van der Waals surface area (Å²) in [5, 5.41) is 4.00. The smallest absolute Gasteiger partial charge is 0.234 e. The lowest BCUT2D eigenvalue weighted by molar-refractivity contribution is -0.122. The Hall–Kier alpha value is -2.24. The maximum atomic E-state index is 12.1. The number of hydrogen-bond donors (Lipinski definition) is 1. The Morgan fingerprint density at radius 2 is 1.92 bits per heavy atom. The van der Waals surface area contributed by atoms with Crippen LogP contribution < -0.4 is 5.32 Å². The van der Waals surface area contributed by atoms with Gasteiger partial charge in [0.15, 0.2) is 0 Å². The maximum Gasteiger partial charge on any atom is 0.234 e. The van der Waals surface area contributed by atoms with Crippen LogP contribution in [0, 0.1) is 6.92 Å². The van der Waals surface area contributed by atoms with Crippen LogP contribution in [-0.2, 0) is 17.9 Å². The number of aryl methyl sites for hydroxylation is 1. The van der Waals surface area contributed by atoms with Gasteiger partial charge in [-0.1, -0.05) is 42.0 Å². The fourth-order valence-corrected chi connectivity index (χ4v) is 3.53. The number of thiazole rings is 1. The first kappa shape index (κ1) is 16.6. The van der Waals surface area contributed by atoms with Crippen LogP contribution in [0.15, 0.2) is 48.5 Å². The van der Waals surface area contributed by atoms with Crippen LogP contribution in [0.4, 0.5) is 0 Å². The summed E-state index contributed by atoms with van der Waals surface area (Å²) in [6.45, 7) is 3.66. The van der Waals surface area contributed by atoms with Crippen molar-refractivity contribution in [1.82, 2.24) is 15.2 Å². The molecule has 0 saturated heterocycles. The fourth-order valence-electron chi connectivity index (χ4n) is 2.48. The molecular formula is C19H21N3OS. The van der Waals surface area contributed by atoms with Gasteiger partial charge >= 0.3 is 0 Å². The van der Waals surface area contributed by atoms with E-state index in [1.807, 2.05) is 42.3 Å². The Balaban J connectivity index is 1.49. The van der Waals surface area contributed by atoms with Crippen molar-refractivity contribution in [2.75, 3.05) is 13.6 Å². The summed E-state index contributed by atoms with van der Waals surface area (Å²) in [5.74, 6) is 0.0270. The second-order valence-corrected chi connectivity index (χ2v) is 7.13. The van der Waals surface area contributed by atoms with Crippen LogP contribution in [0.5, 0.6) is 0 Å². The monoisotopic (exact) mass is 339 g/mol. The zero-order valence-corrected chi connectivity index (χ0v) is 14.8.